The number of hydrogen-bond acceptors (Lipinski definition) is 3. The molecule has 0 saturated carbocycles. The maximum absolute atomic E-state index is 3.70. The van der Waals surface area contributed by atoms with E-state index in [2.05, 4.69) is 94.8 Å². The van der Waals surface area contributed by atoms with Crippen molar-refractivity contribution in [3.8, 4) is 0 Å². The van der Waals surface area contributed by atoms with Gasteiger partial charge in [-0.25, -0.2) is 3.93 Å². The first kappa shape index (κ1) is 21.8. The number of nitrogens with zero attached hydrogens (tertiary/aromatic N) is 1. The van der Waals surface area contributed by atoms with Crippen LogP contribution in [0.4, 0.5) is 11.4 Å². The fraction of sp³-hybridized carbons (Fsp3) is 0.478. The highest BCUT2D eigenvalue weighted by molar-refractivity contribution is 9.07. The lowest BCUT2D eigenvalue weighted by molar-refractivity contribution is 0.538. The number of benzene rings is 2. The van der Waals surface area contributed by atoms with Gasteiger partial charge in [0.2, 0.25) is 0 Å². The summed E-state index contributed by atoms with van der Waals surface area (Å²) < 4.78 is 2.16. The molecule has 0 atom stereocenters. The second-order valence-corrected chi connectivity index (χ2v) is 7.77. The van der Waals surface area contributed by atoms with Gasteiger partial charge >= 0.3 is 0 Å². The molecule has 0 saturated heterocycles. The Morgan fingerprint density at radius 1 is 0.704 bits per heavy atom. The van der Waals surface area contributed by atoms with E-state index in [0.717, 1.165) is 45.4 Å². The lowest BCUT2D eigenvalue weighted by atomic mass is 10.0. The number of aryl methyl sites for hydroxylation is 4. The van der Waals surface area contributed by atoms with E-state index in [1.807, 2.05) is 0 Å². The Morgan fingerprint density at radius 3 is 1.52 bits per heavy atom. The predicted octanol–water partition coefficient (Wildman–Crippen LogP) is 6.03. The number of nitrogens with one attached hydrogen (secondary N) is 2. The Hall–Kier alpha value is -1.52. The first-order valence-electron chi connectivity index (χ1n) is 10.2. The summed E-state index contributed by atoms with van der Waals surface area (Å²) in [6, 6.07) is 13.2. The molecule has 148 valence electrons. The van der Waals surface area contributed by atoms with E-state index in [0.29, 0.717) is 0 Å². The van der Waals surface area contributed by atoms with E-state index < -0.39 is 0 Å². The van der Waals surface area contributed by atoms with Crippen LogP contribution in [0.1, 0.15) is 49.9 Å². The van der Waals surface area contributed by atoms with Gasteiger partial charge in [-0.1, -0.05) is 64.1 Å². The number of para-hydroxylation sites is 2. The lowest BCUT2D eigenvalue weighted by Crippen LogP contribution is -2.26. The highest BCUT2D eigenvalue weighted by Gasteiger charge is 2.09. The van der Waals surface area contributed by atoms with Crippen LogP contribution in [0.3, 0.4) is 0 Å². The zero-order valence-corrected chi connectivity index (χ0v) is 18.8. The standard InChI is InChI=1S/C23H34BrN3/c1-5-18-11-9-12-19(6-2)22(18)25-15-16-27(24)17-26-23-20(7-3)13-10-14-21(23)8-4/h9-14,25-26H,5-8,15-17H2,1-4H3. The third kappa shape index (κ3) is 5.98. The number of rotatable bonds is 11. The first-order valence-corrected chi connectivity index (χ1v) is 10.9. The molecule has 0 aliphatic rings. The van der Waals surface area contributed by atoms with Crippen LogP contribution in [0.5, 0.6) is 0 Å². The quantitative estimate of drug-likeness (QED) is 0.335. The fourth-order valence-corrected chi connectivity index (χ4v) is 3.79. The van der Waals surface area contributed by atoms with Crippen LogP contribution in [-0.2, 0) is 25.7 Å². The molecule has 0 heterocycles. The van der Waals surface area contributed by atoms with Crippen molar-refractivity contribution < 1.29 is 0 Å². The van der Waals surface area contributed by atoms with E-state index in [1.54, 1.807) is 0 Å². The minimum Gasteiger partial charge on any atom is -0.383 e. The Morgan fingerprint density at radius 2 is 1.11 bits per heavy atom. The van der Waals surface area contributed by atoms with Crippen molar-refractivity contribution >= 4 is 27.5 Å². The van der Waals surface area contributed by atoms with Gasteiger partial charge in [-0.2, -0.15) is 0 Å². The highest BCUT2D eigenvalue weighted by Crippen LogP contribution is 2.24. The van der Waals surface area contributed by atoms with Crippen molar-refractivity contribution in [2.45, 2.75) is 53.4 Å². The van der Waals surface area contributed by atoms with E-state index >= 15 is 0 Å². The van der Waals surface area contributed by atoms with Crippen molar-refractivity contribution in [2.75, 3.05) is 30.4 Å². The third-order valence-corrected chi connectivity index (χ3v) is 5.69. The van der Waals surface area contributed by atoms with E-state index in [4.69, 9.17) is 0 Å². The van der Waals surface area contributed by atoms with Crippen LogP contribution in [-0.4, -0.2) is 23.7 Å². The highest BCUT2D eigenvalue weighted by atomic mass is 79.9. The molecule has 2 aromatic carbocycles. The monoisotopic (exact) mass is 431 g/mol. The van der Waals surface area contributed by atoms with Crippen LogP contribution in [0, 0.1) is 0 Å². The largest absolute Gasteiger partial charge is 0.383 e. The summed E-state index contributed by atoms with van der Waals surface area (Å²) in [5, 5.41) is 7.29. The molecule has 0 amide bonds. The maximum Gasteiger partial charge on any atom is 0.0779 e. The molecule has 0 fully saturated rings. The smallest absolute Gasteiger partial charge is 0.0779 e. The molecule has 2 N–H and O–H groups in total. The van der Waals surface area contributed by atoms with Gasteiger partial charge in [-0.3, -0.25) is 0 Å². The second-order valence-electron chi connectivity index (χ2n) is 6.76. The Kier molecular flexibility index (Phi) is 9.16. The van der Waals surface area contributed by atoms with E-state index in [-0.39, 0.29) is 0 Å². The van der Waals surface area contributed by atoms with Gasteiger partial charge in [-0.15, -0.1) is 0 Å². The van der Waals surface area contributed by atoms with Crippen molar-refractivity contribution in [1.29, 1.82) is 0 Å². The van der Waals surface area contributed by atoms with Gasteiger partial charge in [0, 0.05) is 40.6 Å². The lowest BCUT2D eigenvalue weighted by Gasteiger charge is -2.21. The number of anilines is 2. The van der Waals surface area contributed by atoms with Gasteiger partial charge < -0.3 is 10.6 Å². The molecule has 3 nitrogen and oxygen atoms in total. The van der Waals surface area contributed by atoms with Gasteiger partial charge in [0.1, 0.15) is 0 Å². The molecule has 0 aliphatic heterocycles. The zero-order valence-electron chi connectivity index (χ0n) is 17.2. The molecule has 2 rings (SSSR count). The average Bonchev–Trinajstić information content (AvgIpc) is 2.71. The molecule has 2 aromatic rings. The van der Waals surface area contributed by atoms with Crippen molar-refractivity contribution in [2.24, 2.45) is 0 Å². The van der Waals surface area contributed by atoms with Crippen molar-refractivity contribution in [3.05, 3.63) is 58.7 Å². The molecule has 0 radical (unpaired) electrons. The summed E-state index contributed by atoms with van der Waals surface area (Å²) in [6.07, 6.45) is 4.22. The van der Waals surface area contributed by atoms with Gasteiger partial charge in [0.25, 0.3) is 0 Å². The molecule has 0 bridgehead atoms. The topological polar surface area (TPSA) is 27.3 Å². The second kappa shape index (κ2) is 11.4. The molecule has 0 spiro atoms. The summed E-state index contributed by atoms with van der Waals surface area (Å²) in [4.78, 5) is 0. The Labute approximate surface area is 173 Å². The first-order chi connectivity index (χ1) is 13.1. The zero-order chi connectivity index (χ0) is 19.6. The Bertz CT molecular complexity index is 670. The Balaban J connectivity index is 1.90. The van der Waals surface area contributed by atoms with E-state index in [9.17, 15) is 0 Å². The van der Waals surface area contributed by atoms with Crippen LogP contribution in [0.2, 0.25) is 0 Å². The summed E-state index contributed by atoms with van der Waals surface area (Å²) in [5.41, 5.74) is 8.19. The number of hydrogen-bond donors (Lipinski definition) is 2. The minimum atomic E-state index is 0.780. The molecule has 0 unspecified atom stereocenters. The predicted molar refractivity (Wildman–Crippen MR) is 123 cm³/mol. The SMILES string of the molecule is CCc1cccc(CC)c1NCCN(Br)CNc1c(CC)cccc1CC. The maximum atomic E-state index is 3.70. The summed E-state index contributed by atoms with van der Waals surface area (Å²) in [6.45, 7) is 11.5. The summed E-state index contributed by atoms with van der Waals surface area (Å²) >= 11 is 3.70. The normalized spacial score (nSPS) is 11.0. The van der Waals surface area contributed by atoms with Gasteiger partial charge in [0.15, 0.2) is 0 Å². The summed E-state index contributed by atoms with van der Waals surface area (Å²) in [5.74, 6) is 0. The van der Waals surface area contributed by atoms with Crippen LogP contribution in [0.25, 0.3) is 0 Å². The van der Waals surface area contributed by atoms with Crippen molar-refractivity contribution in [1.82, 2.24) is 3.93 Å². The fourth-order valence-electron chi connectivity index (χ4n) is 3.49. The molecule has 4 heteroatoms. The molecule has 0 aromatic heterocycles. The molecule has 0 aliphatic carbocycles. The van der Waals surface area contributed by atoms with Crippen LogP contribution in [0.15, 0.2) is 36.4 Å². The molecule has 27 heavy (non-hydrogen) atoms. The molecular weight excluding hydrogens is 398 g/mol. The average molecular weight is 432 g/mol. The van der Waals surface area contributed by atoms with E-state index in [1.165, 1.54) is 33.6 Å². The van der Waals surface area contributed by atoms with Crippen LogP contribution < -0.4 is 10.6 Å². The third-order valence-electron chi connectivity index (χ3n) is 5.08. The number of halogens is 1. The van der Waals surface area contributed by atoms with Crippen molar-refractivity contribution in [3.63, 3.8) is 0 Å². The van der Waals surface area contributed by atoms with Gasteiger partial charge in [0.05, 0.1) is 6.67 Å². The summed E-state index contributed by atoms with van der Waals surface area (Å²) in [7, 11) is 0. The minimum absolute atomic E-state index is 0.780. The van der Waals surface area contributed by atoms with Crippen LogP contribution >= 0.6 is 16.1 Å². The van der Waals surface area contributed by atoms with Gasteiger partial charge in [-0.05, 0) is 47.9 Å². The molecular formula is C23H34BrN3.